The normalized spacial score (nSPS) is 12.3. The molecule has 1 atom stereocenters. The molecule has 0 unspecified atom stereocenters. The van der Waals surface area contributed by atoms with Gasteiger partial charge in [0.15, 0.2) is 0 Å². The van der Waals surface area contributed by atoms with E-state index >= 15 is 0 Å². The lowest BCUT2D eigenvalue weighted by atomic mass is 10.1. The standard InChI is InChI=1S/C18H20N4O2/c1-4-22(2)16(13-8-6-5-7-9-13)18-20-17(21-24-18)14-10-11-15(23-3)19-12-14/h5-12,16H,4H2,1-3H3/t16-/m0/s1. The topological polar surface area (TPSA) is 64.3 Å². The molecule has 6 heteroatoms. The summed E-state index contributed by atoms with van der Waals surface area (Å²) in [4.78, 5) is 10.9. The van der Waals surface area contributed by atoms with E-state index in [1.54, 1.807) is 19.4 Å². The van der Waals surface area contributed by atoms with Crippen LogP contribution in [0.5, 0.6) is 5.88 Å². The molecule has 0 saturated carbocycles. The third-order valence-electron chi connectivity index (χ3n) is 3.93. The van der Waals surface area contributed by atoms with Gasteiger partial charge in [-0.15, -0.1) is 0 Å². The van der Waals surface area contributed by atoms with E-state index in [-0.39, 0.29) is 6.04 Å². The van der Waals surface area contributed by atoms with Crippen LogP contribution in [0.2, 0.25) is 0 Å². The van der Waals surface area contributed by atoms with Crippen molar-refractivity contribution in [2.24, 2.45) is 0 Å². The Morgan fingerprint density at radius 2 is 1.96 bits per heavy atom. The van der Waals surface area contributed by atoms with E-state index in [4.69, 9.17) is 9.26 Å². The van der Waals surface area contributed by atoms with Crippen LogP contribution in [-0.4, -0.2) is 40.7 Å². The molecule has 0 spiro atoms. The third kappa shape index (κ3) is 3.28. The van der Waals surface area contributed by atoms with Gasteiger partial charge >= 0.3 is 0 Å². The first-order valence-electron chi connectivity index (χ1n) is 7.82. The first kappa shape index (κ1) is 16.1. The van der Waals surface area contributed by atoms with Crippen molar-refractivity contribution >= 4 is 0 Å². The fourth-order valence-corrected chi connectivity index (χ4v) is 2.50. The molecule has 0 aliphatic heterocycles. The number of pyridine rings is 1. The molecule has 2 aromatic heterocycles. The Morgan fingerprint density at radius 1 is 1.17 bits per heavy atom. The van der Waals surface area contributed by atoms with Crippen LogP contribution >= 0.6 is 0 Å². The number of methoxy groups -OCH3 is 1. The molecule has 0 aliphatic carbocycles. The maximum atomic E-state index is 5.55. The van der Waals surface area contributed by atoms with Crippen molar-refractivity contribution in [3.63, 3.8) is 0 Å². The van der Waals surface area contributed by atoms with Crippen molar-refractivity contribution < 1.29 is 9.26 Å². The average Bonchev–Trinajstić information content (AvgIpc) is 3.12. The van der Waals surface area contributed by atoms with Gasteiger partial charge in [0.25, 0.3) is 0 Å². The molecule has 3 rings (SSSR count). The van der Waals surface area contributed by atoms with Crippen LogP contribution in [0.25, 0.3) is 11.4 Å². The number of hydrogen-bond acceptors (Lipinski definition) is 6. The van der Waals surface area contributed by atoms with Crippen LogP contribution in [-0.2, 0) is 0 Å². The van der Waals surface area contributed by atoms with Crippen LogP contribution in [0, 0.1) is 0 Å². The highest BCUT2D eigenvalue weighted by Gasteiger charge is 2.24. The zero-order valence-electron chi connectivity index (χ0n) is 14.0. The first-order valence-corrected chi connectivity index (χ1v) is 7.82. The predicted octanol–water partition coefficient (Wildman–Crippen LogP) is 3.18. The summed E-state index contributed by atoms with van der Waals surface area (Å²) in [5.41, 5.74) is 1.90. The Labute approximate surface area is 141 Å². The second-order valence-electron chi connectivity index (χ2n) is 5.43. The van der Waals surface area contributed by atoms with Crippen molar-refractivity contribution in [3.8, 4) is 17.3 Å². The second-order valence-corrected chi connectivity index (χ2v) is 5.43. The molecule has 0 N–H and O–H groups in total. The van der Waals surface area contributed by atoms with Crippen molar-refractivity contribution in [3.05, 3.63) is 60.1 Å². The SMILES string of the molecule is CCN(C)[C@@H](c1ccccc1)c1nc(-c2ccc(OC)nc2)no1. The van der Waals surface area contributed by atoms with E-state index in [1.807, 2.05) is 31.3 Å². The predicted molar refractivity (Wildman–Crippen MR) is 90.7 cm³/mol. The van der Waals surface area contributed by atoms with Gasteiger partial charge in [-0.3, -0.25) is 4.90 Å². The maximum absolute atomic E-state index is 5.55. The van der Waals surface area contributed by atoms with E-state index in [9.17, 15) is 0 Å². The van der Waals surface area contributed by atoms with Gasteiger partial charge in [0.2, 0.25) is 17.6 Å². The van der Waals surface area contributed by atoms with E-state index in [1.165, 1.54) is 0 Å². The fourth-order valence-electron chi connectivity index (χ4n) is 2.50. The van der Waals surface area contributed by atoms with Gasteiger partial charge in [0.05, 0.1) is 7.11 Å². The molecular weight excluding hydrogens is 304 g/mol. The molecule has 24 heavy (non-hydrogen) atoms. The van der Waals surface area contributed by atoms with E-state index in [0.717, 1.165) is 17.7 Å². The maximum Gasteiger partial charge on any atom is 0.248 e. The summed E-state index contributed by atoms with van der Waals surface area (Å²) >= 11 is 0. The molecule has 6 nitrogen and oxygen atoms in total. The molecule has 0 aliphatic rings. The van der Waals surface area contributed by atoms with Crippen LogP contribution in [0.1, 0.15) is 24.4 Å². The highest BCUT2D eigenvalue weighted by molar-refractivity contribution is 5.53. The summed E-state index contributed by atoms with van der Waals surface area (Å²) in [6.45, 7) is 2.96. The summed E-state index contributed by atoms with van der Waals surface area (Å²) in [6.07, 6.45) is 1.68. The number of ether oxygens (including phenoxy) is 1. The summed E-state index contributed by atoms with van der Waals surface area (Å²) in [6, 6.07) is 13.7. The molecule has 1 aromatic carbocycles. The second kappa shape index (κ2) is 7.23. The summed E-state index contributed by atoms with van der Waals surface area (Å²) in [5.74, 6) is 1.64. The van der Waals surface area contributed by atoms with E-state index in [0.29, 0.717) is 17.6 Å². The van der Waals surface area contributed by atoms with Crippen molar-refractivity contribution in [1.82, 2.24) is 20.0 Å². The van der Waals surface area contributed by atoms with Gasteiger partial charge in [-0.2, -0.15) is 4.98 Å². The van der Waals surface area contributed by atoms with E-state index in [2.05, 4.69) is 39.1 Å². The largest absolute Gasteiger partial charge is 0.481 e. The number of nitrogens with zero attached hydrogens (tertiary/aromatic N) is 4. The molecule has 0 saturated heterocycles. The monoisotopic (exact) mass is 324 g/mol. The highest BCUT2D eigenvalue weighted by Crippen LogP contribution is 2.28. The van der Waals surface area contributed by atoms with Gasteiger partial charge in [0.1, 0.15) is 6.04 Å². The summed E-state index contributed by atoms with van der Waals surface area (Å²) in [7, 11) is 3.62. The molecule has 0 amide bonds. The Bertz CT molecular complexity index is 771. The average molecular weight is 324 g/mol. The van der Waals surface area contributed by atoms with E-state index < -0.39 is 0 Å². The van der Waals surface area contributed by atoms with Gasteiger partial charge in [0, 0.05) is 17.8 Å². The van der Waals surface area contributed by atoms with Crippen LogP contribution in [0.4, 0.5) is 0 Å². The molecule has 2 heterocycles. The lowest BCUT2D eigenvalue weighted by Crippen LogP contribution is -2.25. The number of rotatable bonds is 6. The van der Waals surface area contributed by atoms with Gasteiger partial charge < -0.3 is 9.26 Å². The van der Waals surface area contributed by atoms with Crippen LogP contribution in [0.3, 0.4) is 0 Å². The summed E-state index contributed by atoms with van der Waals surface area (Å²) in [5, 5.41) is 4.11. The zero-order valence-corrected chi connectivity index (χ0v) is 14.0. The Morgan fingerprint density at radius 3 is 2.58 bits per heavy atom. The minimum atomic E-state index is -0.0799. The van der Waals surface area contributed by atoms with Crippen molar-refractivity contribution in [2.45, 2.75) is 13.0 Å². The minimum Gasteiger partial charge on any atom is -0.481 e. The molecule has 3 aromatic rings. The molecule has 0 bridgehead atoms. The summed E-state index contributed by atoms with van der Waals surface area (Å²) < 4.78 is 10.6. The number of aromatic nitrogens is 3. The van der Waals surface area contributed by atoms with Gasteiger partial charge in [-0.05, 0) is 25.2 Å². The van der Waals surface area contributed by atoms with Gasteiger partial charge in [-0.1, -0.05) is 42.4 Å². The first-order chi connectivity index (χ1) is 11.7. The molecular formula is C18H20N4O2. The number of hydrogen-bond donors (Lipinski definition) is 0. The zero-order chi connectivity index (χ0) is 16.9. The highest BCUT2D eigenvalue weighted by atomic mass is 16.5. The van der Waals surface area contributed by atoms with Crippen molar-refractivity contribution in [1.29, 1.82) is 0 Å². The Hall–Kier alpha value is -2.73. The Balaban J connectivity index is 1.93. The van der Waals surface area contributed by atoms with Crippen molar-refractivity contribution in [2.75, 3.05) is 20.7 Å². The number of benzene rings is 1. The minimum absolute atomic E-state index is 0.0799. The van der Waals surface area contributed by atoms with Crippen LogP contribution in [0.15, 0.2) is 53.2 Å². The van der Waals surface area contributed by atoms with Crippen LogP contribution < -0.4 is 4.74 Å². The molecule has 0 fully saturated rings. The molecule has 124 valence electrons. The lowest BCUT2D eigenvalue weighted by Gasteiger charge is -2.23. The lowest BCUT2D eigenvalue weighted by molar-refractivity contribution is 0.234. The van der Waals surface area contributed by atoms with Gasteiger partial charge in [-0.25, -0.2) is 4.98 Å². The molecule has 0 radical (unpaired) electrons. The quantitative estimate of drug-likeness (QED) is 0.694. The fraction of sp³-hybridized carbons (Fsp3) is 0.278. The smallest absolute Gasteiger partial charge is 0.248 e. The Kier molecular flexibility index (Phi) is 4.86. The third-order valence-corrected chi connectivity index (χ3v) is 3.93.